The highest BCUT2D eigenvalue weighted by Gasteiger charge is 2.57. The van der Waals surface area contributed by atoms with Gasteiger partial charge in [0, 0.05) is 31.9 Å². The fourth-order valence-corrected chi connectivity index (χ4v) is 8.32. The molecule has 0 aliphatic heterocycles. The molecule has 35 heavy (non-hydrogen) atoms. The highest BCUT2D eigenvalue weighted by atomic mass is 16.6. The summed E-state index contributed by atoms with van der Waals surface area (Å²) in [5, 5.41) is 0. The van der Waals surface area contributed by atoms with E-state index in [0.29, 0.717) is 0 Å². The van der Waals surface area contributed by atoms with Gasteiger partial charge in [-0.15, -0.1) is 0 Å². The minimum Gasteiger partial charge on any atom is -0.446 e. The molecule has 1 heterocycles. The Morgan fingerprint density at radius 3 is 2.54 bits per heavy atom. The predicted molar refractivity (Wildman–Crippen MR) is 142 cm³/mol. The highest BCUT2D eigenvalue weighted by molar-refractivity contribution is 5.72. The van der Waals surface area contributed by atoms with Crippen molar-refractivity contribution in [2.75, 3.05) is 13.1 Å². The molecule has 2 saturated carbocycles. The minimum atomic E-state index is -0.106. The van der Waals surface area contributed by atoms with E-state index >= 15 is 0 Å². The summed E-state index contributed by atoms with van der Waals surface area (Å²) in [6, 6.07) is 4.31. The molecular weight excluding hydrogens is 432 g/mol. The third kappa shape index (κ3) is 4.25. The largest absolute Gasteiger partial charge is 0.446 e. The molecule has 6 atom stereocenters. The van der Waals surface area contributed by atoms with E-state index in [9.17, 15) is 4.79 Å². The molecule has 1 amide bonds. The van der Waals surface area contributed by atoms with Gasteiger partial charge < -0.3 is 9.64 Å². The molecule has 2 fully saturated rings. The fourth-order valence-electron chi connectivity index (χ4n) is 8.32. The molecule has 0 aromatic carbocycles. The molecule has 4 aliphatic rings. The van der Waals surface area contributed by atoms with Crippen LogP contribution >= 0.6 is 0 Å². The topological polar surface area (TPSA) is 42.4 Å². The Labute approximate surface area is 212 Å². The lowest BCUT2D eigenvalue weighted by molar-refractivity contribution is -0.0294. The monoisotopic (exact) mass is 476 g/mol. The Hall–Kier alpha value is -2.10. The fraction of sp³-hybridized carbons (Fsp3) is 0.677. The predicted octanol–water partition coefficient (Wildman–Crippen LogP) is 7.66. The van der Waals surface area contributed by atoms with Crippen LogP contribution in [0, 0.1) is 28.6 Å². The molecule has 5 rings (SSSR count). The van der Waals surface area contributed by atoms with Crippen molar-refractivity contribution in [1.29, 1.82) is 0 Å². The molecule has 190 valence electrons. The van der Waals surface area contributed by atoms with Gasteiger partial charge in [-0.2, -0.15) is 0 Å². The Morgan fingerprint density at radius 2 is 1.83 bits per heavy atom. The van der Waals surface area contributed by atoms with Crippen molar-refractivity contribution in [1.82, 2.24) is 9.88 Å². The van der Waals surface area contributed by atoms with Gasteiger partial charge in [-0.1, -0.05) is 51.5 Å². The number of fused-ring (bicyclic) bond motifs is 5. The lowest BCUT2D eigenvalue weighted by Gasteiger charge is -2.57. The van der Waals surface area contributed by atoms with Crippen molar-refractivity contribution < 1.29 is 9.53 Å². The maximum atomic E-state index is 12.8. The Balaban J connectivity index is 1.30. The van der Waals surface area contributed by atoms with Crippen LogP contribution in [0.25, 0.3) is 5.57 Å². The number of nitrogens with zero attached hydrogens (tertiary/aromatic N) is 2. The maximum absolute atomic E-state index is 12.8. The molecule has 0 bridgehead atoms. The Kier molecular flexibility index (Phi) is 6.85. The molecule has 0 unspecified atom stereocenters. The van der Waals surface area contributed by atoms with Gasteiger partial charge in [0.25, 0.3) is 0 Å². The second-order valence-electron chi connectivity index (χ2n) is 12.0. The number of hydrogen-bond donors (Lipinski definition) is 0. The number of allylic oxidation sites excluding steroid dienone is 3. The molecule has 4 nitrogen and oxygen atoms in total. The van der Waals surface area contributed by atoms with Crippen LogP contribution in [0.4, 0.5) is 4.79 Å². The first-order valence-corrected chi connectivity index (χ1v) is 14.2. The van der Waals surface area contributed by atoms with Gasteiger partial charge in [-0.3, -0.25) is 4.98 Å². The summed E-state index contributed by atoms with van der Waals surface area (Å²) in [5.74, 6) is 2.21. The van der Waals surface area contributed by atoms with Gasteiger partial charge in [0.2, 0.25) is 0 Å². The lowest BCUT2D eigenvalue weighted by Crippen LogP contribution is -2.50. The number of aromatic nitrogens is 1. The summed E-state index contributed by atoms with van der Waals surface area (Å²) in [7, 11) is 0. The number of ether oxygens (including phenoxy) is 1. The number of carbonyl (C=O) groups excluding carboxylic acids is 1. The molecule has 0 saturated heterocycles. The summed E-state index contributed by atoms with van der Waals surface area (Å²) >= 11 is 0. The summed E-state index contributed by atoms with van der Waals surface area (Å²) in [6.45, 7) is 10.9. The van der Waals surface area contributed by atoms with Crippen molar-refractivity contribution >= 4 is 11.7 Å². The Morgan fingerprint density at radius 1 is 1.06 bits per heavy atom. The van der Waals surface area contributed by atoms with Crippen LogP contribution in [0.15, 0.2) is 42.3 Å². The van der Waals surface area contributed by atoms with E-state index < -0.39 is 0 Å². The van der Waals surface area contributed by atoms with Gasteiger partial charge in [-0.25, -0.2) is 4.79 Å². The first-order valence-electron chi connectivity index (χ1n) is 14.2. The number of carbonyl (C=O) groups is 1. The van der Waals surface area contributed by atoms with E-state index in [1.807, 2.05) is 11.1 Å². The lowest BCUT2D eigenvalue weighted by atomic mass is 9.47. The van der Waals surface area contributed by atoms with E-state index in [0.717, 1.165) is 62.9 Å². The number of rotatable bonds is 6. The van der Waals surface area contributed by atoms with Gasteiger partial charge in [0.15, 0.2) is 0 Å². The van der Waals surface area contributed by atoms with Gasteiger partial charge in [-0.05, 0) is 97.2 Å². The quantitative estimate of drug-likeness (QED) is 0.396. The zero-order valence-corrected chi connectivity index (χ0v) is 22.3. The van der Waals surface area contributed by atoms with Crippen LogP contribution in [0.3, 0.4) is 0 Å². The number of amides is 1. The maximum Gasteiger partial charge on any atom is 0.410 e. The second-order valence-corrected chi connectivity index (χ2v) is 12.0. The van der Waals surface area contributed by atoms with E-state index in [-0.39, 0.29) is 23.0 Å². The molecule has 0 radical (unpaired) electrons. The van der Waals surface area contributed by atoms with Crippen LogP contribution < -0.4 is 0 Å². The molecular formula is C31H44N2O2. The van der Waals surface area contributed by atoms with Crippen molar-refractivity contribution in [3.05, 3.63) is 47.8 Å². The van der Waals surface area contributed by atoms with Crippen molar-refractivity contribution in [2.24, 2.45) is 28.6 Å². The standard InChI is InChI=1S/C31H44N2O2/c1-5-18-33(19-6-2)29(34)35-24-13-15-30(3)23(20-24)9-10-25-27-12-11-26(22-8-7-17-32-21-22)31(27,4)16-14-28(25)30/h7-9,11,17,21,24-25,27-28H,5-6,10,12-16,18-20H2,1-4H3/t24-,25-,27-,28-,30-,31+/m0/s1. The summed E-state index contributed by atoms with van der Waals surface area (Å²) in [5.41, 5.74) is 4.95. The minimum absolute atomic E-state index is 0.0359. The number of hydrogen-bond acceptors (Lipinski definition) is 3. The van der Waals surface area contributed by atoms with Crippen LogP contribution in [0.5, 0.6) is 0 Å². The van der Waals surface area contributed by atoms with Crippen molar-refractivity contribution in [2.45, 2.75) is 91.6 Å². The van der Waals surface area contributed by atoms with Crippen LogP contribution in [0.2, 0.25) is 0 Å². The molecule has 1 aromatic rings. The molecule has 4 aliphatic carbocycles. The zero-order chi connectivity index (χ0) is 24.6. The zero-order valence-electron chi connectivity index (χ0n) is 22.3. The van der Waals surface area contributed by atoms with E-state index in [1.54, 1.807) is 5.57 Å². The van der Waals surface area contributed by atoms with E-state index in [2.05, 4.69) is 63.2 Å². The average molecular weight is 477 g/mol. The summed E-state index contributed by atoms with van der Waals surface area (Å²) < 4.78 is 6.07. The smallest absolute Gasteiger partial charge is 0.410 e. The van der Waals surface area contributed by atoms with Crippen LogP contribution in [-0.4, -0.2) is 35.2 Å². The normalized spacial score (nSPS) is 35.8. The second kappa shape index (κ2) is 9.75. The van der Waals surface area contributed by atoms with Crippen LogP contribution in [-0.2, 0) is 4.74 Å². The summed E-state index contributed by atoms with van der Waals surface area (Å²) in [6.07, 6.45) is 18.9. The third-order valence-electron chi connectivity index (χ3n) is 10.1. The molecule has 1 aromatic heterocycles. The highest BCUT2D eigenvalue weighted by Crippen LogP contribution is 2.66. The van der Waals surface area contributed by atoms with Gasteiger partial charge in [0.1, 0.15) is 6.10 Å². The SMILES string of the molecule is CCCN(CCC)C(=O)O[C@H]1CC[C@@]2(C)C(=CC[C@@H]3[C@@H]2CC[C@]2(C)C(c4cccnc4)=CC[C@@H]32)C1. The average Bonchev–Trinajstić information content (AvgIpc) is 3.22. The first kappa shape index (κ1) is 24.6. The van der Waals surface area contributed by atoms with Crippen LogP contribution in [0.1, 0.15) is 91.0 Å². The summed E-state index contributed by atoms with van der Waals surface area (Å²) in [4.78, 5) is 19.2. The third-order valence-corrected chi connectivity index (χ3v) is 10.1. The van der Waals surface area contributed by atoms with Gasteiger partial charge >= 0.3 is 6.09 Å². The van der Waals surface area contributed by atoms with E-state index in [1.165, 1.54) is 36.8 Å². The Bertz CT molecular complexity index is 979. The molecule has 4 heteroatoms. The first-order chi connectivity index (χ1) is 16.9. The molecule has 0 N–H and O–H groups in total. The molecule has 0 spiro atoms. The van der Waals surface area contributed by atoms with E-state index in [4.69, 9.17) is 4.74 Å². The van der Waals surface area contributed by atoms with Crippen molar-refractivity contribution in [3.8, 4) is 0 Å². The number of pyridine rings is 1. The van der Waals surface area contributed by atoms with Gasteiger partial charge in [0.05, 0.1) is 0 Å². The van der Waals surface area contributed by atoms with Crippen molar-refractivity contribution in [3.63, 3.8) is 0 Å².